The van der Waals surface area contributed by atoms with Crippen molar-refractivity contribution in [1.82, 2.24) is 5.32 Å². The van der Waals surface area contributed by atoms with E-state index in [2.05, 4.69) is 19.2 Å². The molecule has 1 unspecified atom stereocenters. The lowest BCUT2D eigenvalue weighted by molar-refractivity contribution is 0.0139. The largest absolute Gasteiger partial charge is 0.487 e. The molecular formula is C16H24ClNO. The Morgan fingerprint density at radius 2 is 2.00 bits per heavy atom. The molecule has 1 heterocycles. The van der Waals surface area contributed by atoms with Gasteiger partial charge in [-0.15, -0.1) is 0 Å². The van der Waals surface area contributed by atoms with Crippen molar-refractivity contribution in [2.24, 2.45) is 0 Å². The van der Waals surface area contributed by atoms with Crippen LogP contribution in [0.3, 0.4) is 0 Å². The number of fused-ring (bicyclic) bond motifs is 1. The fourth-order valence-electron chi connectivity index (χ4n) is 3.24. The average molecular weight is 282 g/mol. The summed E-state index contributed by atoms with van der Waals surface area (Å²) < 4.78 is 6.39. The lowest BCUT2D eigenvalue weighted by Gasteiger charge is -2.42. The first kappa shape index (κ1) is 14.7. The van der Waals surface area contributed by atoms with Crippen LogP contribution >= 0.6 is 11.6 Å². The molecule has 0 bridgehead atoms. The van der Waals surface area contributed by atoms with Crippen molar-refractivity contribution in [3.05, 3.63) is 28.8 Å². The molecule has 106 valence electrons. The highest BCUT2D eigenvalue weighted by molar-refractivity contribution is 6.30. The predicted octanol–water partition coefficient (Wildman–Crippen LogP) is 4.72. The van der Waals surface area contributed by atoms with Gasteiger partial charge in [-0.25, -0.2) is 0 Å². The zero-order valence-electron chi connectivity index (χ0n) is 12.1. The lowest BCUT2D eigenvalue weighted by Crippen LogP contribution is -2.43. The second-order valence-corrected chi connectivity index (χ2v) is 5.95. The Labute approximate surface area is 121 Å². The van der Waals surface area contributed by atoms with Gasteiger partial charge in [-0.1, -0.05) is 38.3 Å². The summed E-state index contributed by atoms with van der Waals surface area (Å²) in [6.07, 6.45) is 5.55. The van der Waals surface area contributed by atoms with Crippen LogP contribution in [0, 0.1) is 0 Å². The van der Waals surface area contributed by atoms with Crippen molar-refractivity contribution in [2.75, 3.05) is 7.05 Å². The molecule has 2 rings (SSSR count). The maximum absolute atomic E-state index is 6.39. The van der Waals surface area contributed by atoms with Gasteiger partial charge in [0.25, 0.3) is 0 Å². The second-order valence-electron chi connectivity index (χ2n) is 5.51. The molecule has 0 saturated heterocycles. The highest BCUT2D eigenvalue weighted by atomic mass is 35.5. The van der Waals surface area contributed by atoms with Gasteiger partial charge in [0.05, 0.1) is 0 Å². The van der Waals surface area contributed by atoms with Crippen LogP contribution in [0.5, 0.6) is 5.75 Å². The molecule has 1 aromatic carbocycles. The van der Waals surface area contributed by atoms with Crippen LogP contribution in [0.4, 0.5) is 0 Å². The third-order valence-electron chi connectivity index (χ3n) is 4.01. The number of ether oxygens (including phenoxy) is 1. The van der Waals surface area contributed by atoms with Crippen molar-refractivity contribution in [1.29, 1.82) is 0 Å². The number of hydrogen-bond donors (Lipinski definition) is 1. The first-order valence-corrected chi connectivity index (χ1v) is 7.67. The zero-order chi connectivity index (χ0) is 13.9. The first-order valence-electron chi connectivity index (χ1n) is 7.30. The van der Waals surface area contributed by atoms with E-state index in [1.807, 2.05) is 25.2 Å². The molecule has 0 spiro atoms. The highest BCUT2D eigenvalue weighted by Crippen LogP contribution is 2.44. The molecule has 0 fully saturated rings. The second kappa shape index (κ2) is 6.15. The summed E-state index contributed by atoms with van der Waals surface area (Å²) in [6.45, 7) is 4.46. The minimum atomic E-state index is -0.0159. The number of benzene rings is 1. The minimum Gasteiger partial charge on any atom is -0.487 e. The van der Waals surface area contributed by atoms with Crippen LogP contribution in [0.25, 0.3) is 0 Å². The van der Waals surface area contributed by atoms with Crippen LogP contribution in [0.1, 0.15) is 57.6 Å². The summed E-state index contributed by atoms with van der Waals surface area (Å²) in [4.78, 5) is 0. The van der Waals surface area contributed by atoms with E-state index in [1.54, 1.807) is 0 Å². The molecule has 1 aliphatic rings. The molecule has 0 aromatic heterocycles. The van der Waals surface area contributed by atoms with Gasteiger partial charge in [0.15, 0.2) is 0 Å². The quantitative estimate of drug-likeness (QED) is 0.843. The van der Waals surface area contributed by atoms with Crippen molar-refractivity contribution in [3.8, 4) is 5.75 Å². The third-order valence-corrected chi connectivity index (χ3v) is 4.24. The van der Waals surface area contributed by atoms with E-state index < -0.39 is 0 Å². The Morgan fingerprint density at radius 3 is 2.58 bits per heavy atom. The van der Waals surface area contributed by atoms with Gasteiger partial charge >= 0.3 is 0 Å². The van der Waals surface area contributed by atoms with Gasteiger partial charge in [-0.05, 0) is 38.1 Å². The molecule has 2 nitrogen and oxygen atoms in total. The Morgan fingerprint density at radius 1 is 1.32 bits per heavy atom. The summed E-state index contributed by atoms with van der Waals surface area (Å²) in [5.74, 6) is 0.997. The number of nitrogens with one attached hydrogen (secondary N) is 1. The normalized spacial score (nSPS) is 20.7. The van der Waals surface area contributed by atoms with E-state index in [4.69, 9.17) is 16.3 Å². The van der Waals surface area contributed by atoms with Gasteiger partial charge in [0.1, 0.15) is 11.4 Å². The van der Waals surface area contributed by atoms with Gasteiger partial charge < -0.3 is 10.1 Å². The van der Waals surface area contributed by atoms with Crippen molar-refractivity contribution >= 4 is 11.6 Å². The molecule has 0 aliphatic carbocycles. The number of hydrogen-bond acceptors (Lipinski definition) is 2. The van der Waals surface area contributed by atoms with E-state index in [-0.39, 0.29) is 5.60 Å². The minimum absolute atomic E-state index is 0.0159. The van der Waals surface area contributed by atoms with E-state index in [9.17, 15) is 0 Å². The zero-order valence-corrected chi connectivity index (χ0v) is 12.9. The summed E-state index contributed by atoms with van der Waals surface area (Å²) in [7, 11) is 2.02. The monoisotopic (exact) mass is 281 g/mol. The van der Waals surface area contributed by atoms with Crippen LogP contribution in [0.15, 0.2) is 18.2 Å². The lowest BCUT2D eigenvalue weighted by atomic mass is 9.81. The smallest absolute Gasteiger partial charge is 0.125 e. The molecule has 0 saturated carbocycles. The molecule has 1 N–H and O–H groups in total. The Kier molecular flexibility index (Phi) is 4.75. The fraction of sp³-hybridized carbons (Fsp3) is 0.625. The molecule has 0 radical (unpaired) electrons. The van der Waals surface area contributed by atoms with Gasteiger partial charge in [0, 0.05) is 23.0 Å². The molecule has 1 atom stereocenters. The van der Waals surface area contributed by atoms with E-state index in [0.29, 0.717) is 6.04 Å². The molecular weight excluding hydrogens is 258 g/mol. The van der Waals surface area contributed by atoms with Crippen LogP contribution in [-0.4, -0.2) is 12.6 Å². The first-order chi connectivity index (χ1) is 9.14. The Hall–Kier alpha value is -0.730. The summed E-state index contributed by atoms with van der Waals surface area (Å²) in [5.41, 5.74) is 1.18. The fourth-order valence-corrected chi connectivity index (χ4v) is 3.42. The highest BCUT2D eigenvalue weighted by Gasteiger charge is 2.39. The van der Waals surface area contributed by atoms with Crippen molar-refractivity contribution in [2.45, 2.75) is 57.6 Å². The molecule has 1 aromatic rings. The van der Waals surface area contributed by atoms with Gasteiger partial charge in [-0.3, -0.25) is 0 Å². The van der Waals surface area contributed by atoms with Crippen LogP contribution < -0.4 is 10.1 Å². The Bertz CT molecular complexity index is 427. The van der Waals surface area contributed by atoms with Crippen molar-refractivity contribution < 1.29 is 4.74 Å². The Balaban J connectivity index is 2.36. The van der Waals surface area contributed by atoms with Crippen LogP contribution in [-0.2, 0) is 0 Å². The maximum atomic E-state index is 6.39. The molecule has 1 aliphatic heterocycles. The van der Waals surface area contributed by atoms with Gasteiger partial charge in [-0.2, -0.15) is 0 Å². The third kappa shape index (κ3) is 3.06. The summed E-state index contributed by atoms with van der Waals surface area (Å²) in [5, 5.41) is 4.20. The number of rotatable bonds is 5. The maximum Gasteiger partial charge on any atom is 0.125 e. The molecule has 3 heteroatoms. The number of halogens is 1. The predicted molar refractivity (Wildman–Crippen MR) is 81.0 cm³/mol. The standard InChI is InChI=1S/C16H24ClNO/c1-4-8-16(9-5-2)11-14(18-3)13-10-12(17)6-7-15(13)19-16/h6-7,10,14,18H,4-5,8-9,11H2,1-3H3. The SMILES string of the molecule is CCCC1(CCC)CC(NC)c2cc(Cl)ccc2O1. The van der Waals surface area contributed by atoms with E-state index in [1.165, 1.54) is 5.56 Å². The molecule has 0 amide bonds. The average Bonchev–Trinajstić information content (AvgIpc) is 2.39. The van der Waals surface area contributed by atoms with E-state index >= 15 is 0 Å². The van der Waals surface area contributed by atoms with Crippen LogP contribution in [0.2, 0.25) is 5.02 Å². The van der Waals surface area contributed by atoms with Gasteiger partial charge in [0.2, 0.25) is 0 Å². The van der Waals surface area contributed by atoms with E-state index in [0.717, 1.165) is 42.9 Å². The van der Waals surface area contributed by atoms with Crippen molar-refractivity contribution in [3.63, 3.8) is 0 Å². The molecule has 19 heavy (non-hydrogen) atoms. The topological polar surface area (TPSA) is 21.3 Å². The summed E-state index contributed by atoms with van der Waals surface area (Å²) >= 11 is 6.11. The summed E-state index contributed by atoms with van der Waals surface area (Å²) in [6, 6.07) is 6.29.